The molecule has 0 saturated carbocycles. The van der Waals surface area contributed by atoms with Crippen LogP contribution in [0.1, 0.15) is 31.1 Å². The van der Waals surface area contributed by atoms with Crippen molar-refractivity contribution >= 4 is 45.7 Å². The van der Waals surface area contributed by atoms with Crippen LogP contribution in [0.3, 0.4) is 0 Å². The number of carbonyl (C=O) groups excluding carboxylic acids is 2. The smallest absolute Gasteiger partial charge is 0.413 e. The number of halogens is 2. The van der Waals surface area contributed by atoms with Gasteiger partial charge < -0.3 is 4.74 Å². The Hall–Kier alpha value is -1.14. The average Bonchev–Trinajstić information content (AvgIpc) is 2.21. The third-order valence-corrected chi connectivity index (χ3v) is 2.98. The number of nitrogens with one attached hydrogen (secondary N) is 1. The van der Waals surface area contributed by atoms with E-state index in [2.05, 4.69) is 26.2 Å². The maximum Gasteiger partial charge on any atom is 0.413 e. The molecule has 0 saturated heterocycles. The summed E-state index contributed by atoms with van der Waals surface area (Å²) < 4.78 is 5.52. The Balaban J connectivity index is 2.95. The normalized spacial score (nSPS) is 10.9. The summed E-state index contributed by atoms with van der Waals surface area (Å²) in [6, 6.07) is 0. The zero-order valence-corrected chi connectivity index (χ0v) is 12.4. The summed E-state index contributed by atoms with van der Waals surface area (Å²) in [5.41, 5.74) is -0.540. The van der Waals surface area contributed by atoms with Gasteiger partial charge in [-0.1, -0.05) is 11.6 Å². The fourth-order valence-corrected chi connectivity index (χ4v) is 1.59. The molecule has 5 nitrogen and oxygen atoms in total. The molecule has 1 aromatic heterocycles. The third kappa shape index (κ3) is 3.96. The number of anilines is 1. The van der Waals surface area contributed by atoms with Crippen molar-refractivity contribution in [3.63, 3.8) is 0 Å². The number of pyridine rings is 1. The number of carbonyl (C=O) groups is 2. The Kier molecular flexibility index (Phi) is 4.70. The molecular formula is C11H12BrClN2O3. The van der Waals surface area contributed by atoms with Crippen molar-refractivity contribution in [2.45, 2.75) is 26.4 Å². The van der Waals surface area contributed by atoms with E-state index in [1.165, 1.54) is 6.20 Å². The minimum absolute atomic E-state index is 0.0625. The van der Waals surface area contributed by atoms with Crippen molar-refractivity contribution in [1.82, 2.24) is 4.98 Å². The summed E-state index contributed by atoms with van der Waals surface area (Å²) in [6.45, 7) is 5.19. The van der Waals surface area contributed by atoms with E-state index in [0.717, 1.165) is 0 Å². The molecule has 1 amide bonds. The molecule has 0 spiro atoms. The van der Waals surface area contributed by atoms with Gasteiger partial charge in [-0.05, 0) is 36.7 Å². The lowest BCUT2D eigenvalue weighted by molar-refractivity contribution is 0.0635. The minimum atomic E-state index is -0.698. The summed E-state index contributed by atoms with van der Waals surface area (Å²) in [4.78, 5) is 26.4. The summed E-state index contributed by atoms with van der Waals surface area (Å²) in [6.07, 6.45) is 1.21. The molecule has 7 heteroatoms. The Morgan fingerprint density at radius 3 is 2.67 bits per heavy atom. The molecule has 1 rings (SSSR count). The predicted octanol–water partition coefficient (Wildman–Crippen LogP) is 3.66. The Morgan fingerprint density at radius 2 is 2.17 bits per heavy atom. The van der Waals surface area contributed by atoms with Gasteiger partial charge in [-0.25, -0.2) is 9.78 Å². The lowest BCUT2D eigenvalue weighted by atomic mass is 10.2. The number of ether oxygens (including phenoxy) is 1. The molecule has 0 aliphatic rings. The number of amides is 1. The maximum atomic E-state index is 11.5. The second kappa shape index (κ2) is 5.67. The summed E-state index contributed by atoms with van der Waals surface area (Å²) >= 11 is 9.04. The molecule has 0 radical (unpaired) electrons. The zero-order chi connectivity index (χ0) is 13.9. The standard InChI is InChI=1S/C11H12BrClN2O3/c1-11(2,3)18-10(17)15-9-6(5-16)8(13)7(12)4-14-9/h4-5H,1-3H3,(H,14,15,17). The molecular weight excluding hydrogens is 323 g/mol. The van der Waals surface area contributed by atoms with Crippen LogP contribution in [0.2, 0.25) is 5.02 Å². The van der Waals surface area contributed by atoms with Gasteiger partial charge in [0.15, 0.2) is 6.29 Å². The van der Waals surface area contributed by atoms with Crippen LogP contribution in [-0.2, 0) is 4.74 Å². The molecule has 0 aliphatic heterocycles. The highest BCUT2D eigenvalue weighted by molar-refractivity contribution is 9.10. The van der Waals surface area contributed by atoms with E-state index in [4.69, 9.17) is 16.3 Å². The molecule has 0 aliphatic carbocycles. The van der Waals surface area contributed by atoms with Crippen LogP contribution in [0.25, 0.3) is 0 Å². The van der Waals surface area contributed by atoms with Gasteiger partial charge >= 0.3 is 6.09 Å². The second-order valence-corrected chi connectivity index (χ2v) is 5.66. The first-order valence-corrected chi connectivity index (χ1v) is 6.21. The molecule has 0 fully saturated rings. The van der Waals surface area contributed by atoms with Gasteiger partial charge in [-0.15, -0.1) is 0 Å². The molecule has 0 aromatic carbocycles. The van der Waals surface area contributed by atoms with Crippen molar-refractivity contribution in [3.05, 3.63) is 21.3 Å². The highest BCUT2D eigenvalue weighted by Gasteiger charge is 2.19. The molecule has 0 unspecified atom stereocenters. The Labute approximate surface area is 118 Å². The Bertz CT molecular complexity index is 486. The first kappa shape index (κ1) is 14.9. The lowest BCUT2D eigenvalue weighted by Gasteiger charge is -2.19. The number of nitrogens with zero attached hydrogens (tertiary/aromatic N) is 1. The quantitative estimate of drug-likeness (QED) is 0.838. The topological polar surface area (TPSA) is 68.3 Å². The van der Waals surface area contributed by atoms with Crippen LogP contribution >= 0.6 is 27.5 Å². The second-order valence-electron chi connectivity index (χ2n) is 4.43. The first-order valence-electron chi connectivity index (χ1n) is 5.04. The molecule has 1 aromatic rings. The van der Waals surface area contributed by atoms with Crippen molar-refractivity contribution in [3.8, 4) is 0 Å². The zero-order valence-electron chi connectivity index (χ0n) is 10.1. The van der Waals surface area contributed by atoms with Gasteiger partial charge in [-0.3, -0.25) is 10.1 Å². The van der Waals surface area contributed by atoms with Crippen molar-refractivity contribution in [2.24, 2.45) is 0 Å². The number of rotatable bonds is 2. The SMILES string of the molecule is CC(C)(C)OC(=O)Nc1ncc(Br)c(Cl)c1C=O. The maximum absolute atomic E-state index is 11.5. The summed E-state index contributed by atoms with van der Waals surface area (Å²) in [5.74, 6) is 0.0625. The van der Waals surface area contributed by atoms with E-state index in [1.54, 1.807) is 20.8 Å². The molecule has 18 heavy (non-hydrogen) atoms. The van der Waals surface area contributed by atoms with E-state index in [1.807, 2.05) is 0 Å². The lowest BCUT2D eigenvalue weighted by Crippen LogP contribution is -2.27. The van der Waals surface area contributed by atoms with Crippen LogP contribution in [0.4, 0.5) is 10.6 Å². The number of aldehydes is 1. The molecule has 1 heterocycles. The monoisotopic (exact) mass is 334 g/mol. The van der Waals surface area contributed by atoms with Crippen LogP contribution < -0.4 is 5.32 Å². The van der Waals surface area contributed by atoms with Gasteiger partial charge in [0.2, 0.25) is 0 Å². The van der Waals surface area contributed by atoms with Gasteiger partial charge in [0.05, 0.1) is 15.1 Å². The fraction of sp³-hybridized carbons (Fsp3) is 0.364. The van der Waals surface area contributed by atoms with E-state index in [9.17, 15) is 9.59 Å². The van der Waals surface area contributed by atoms with E-state index in [-0.39, 0.29) is 16.4 Å². The van der Waals surface area contributed by atoms with Crippen LogP contribution in [0, 0.1) is 0 Å². The van der Waals surface area contributed by atoms with Crippen LogP contribution in [-0.4, -0.2) is 23.0 Å². The number of hydrogen-bond donors (Lipinski definition) is 1. The highest BCUT2D eigenvalue weighted by Crippen LogP contribution is 2.28. The molecule has 0 atom stereocenters. The number of aromatic nitrogens is 1. The first-order chi connectivity index (χ1) is 8.24. The van der Waals surface area contributed by atoms with Crippen molar-refractivity contribution in [2.75, 3.05) is 5.32 Å². The summed E-state index contributed by atoms with van der Waals surface area (Å²) in [7, 11) is 0. The van der Waals surface area contributed by atoms with Gasteiger partial charge in [-0.2, -0.15) is 0 Å². The average molecular weight is 336 g/mol. The molecule has 1 N–H and O–H groups in total. The molecule has 0 bridgehead atoms. The van der Waals surface area contributed by atoms with Crippen molar-refractivity contribution < 1.29 is 14.3 Å². The van der Waals surface area contributed by atoms with Gasteiger partial charge in [0.1, 0.15) is 11.4 Å². The Morgan fingerprint density at radius 1 is 1.56 bits per heavy atom. The highest BCUT2D eigenvalue weighted by atomic mass is 79.9. The van der Waals surface area contributed by atoms with Crippen molar-refractivity contribution in [1.29, 1.82) is 0 Å². The largest absolute Gasteiger partial charge is 0.444 e. The predicted molar refractivity (Wildman–Crippen MR) is 72.2 cm³/mol. The van der Waals surface area contributed by atoms with E-state index in [0.29, 0.717) is 10.8 Å². The minimum Gasteiger partial charge on any atom is -0.444 e. The van der Waals surface area contributed by atoms with E-state index >= 15 is 0 Å². The number of hydrogen-bond acceptors (Lipinski definition) is 4. The molecule has 98 valence electrons. The fourth-order valence-electron chi connectivity index (χ4n) is 1.09. The van der Waals surface area contributed by atoms with Gasteiger partial charge in [0.25, 0.3) is 0 Å². The third-order valence-electron chi connectivity index (χ3n) is 1.75. The summed E-state index contributed by atoms with van der Waals surface area (Å²) in [5, 5.41) is 2.56. The van der Waals surface area contributed by atoms with E-state index < -0.39 is 11.7 Å². The van der Waals surface area contributed by atoms with Crippen LogP contribution in [0.15, 0.2) is 10.7 Å². The van der Waals surface area contributed by atoms with Crippen LogP contribution in [0.5, 0.6) is 0 Å². The van der Waals surface area contributed by atoms with Gasteiger partial charge in [0, 0.05) is 6.20 Å².